The summed E-state index contributed by atoms with van der Waals surface area (Å²) >= 11 is 0. The Hall–Kier alpha value is -3.09. The standard InChI is InChI=1S/C22H26N8O/c1-16-17(12-23)2-3-18(25-16)19(31)13-28-9-6-22(7-10-28)8-11-29(14-22)21-5-4-20-26-24-15-30(20)27-21/h2-5,15,19,31H,6-11,13-14H2,1H3. The third-order valence-electron chi connectivity index (χ3n) is 6.83. The van der Waals surface area contributed by atoms with E-state index >= 15 is 0 Å². The summed E-state index contributed by atoms with van der Waals surface area (Å²) in [4.78, 5) is 9.11. The number of nitrogens with zero attached hydrogens (tertiary/aromatic N) is 8. The second-order valence-electron chi connectivity index (χ2n) is 8.79. The largest absolute Gasteiger partial charge is 0.385 e. The van der Waals surface area contributed by atoms with E-state index in [1.54, 1.807) is 29.9 Å². The molecule has 1 spiro atoms. The number of piperidine rings is 1. The first-order valence-corrected chi connectivity index (χ1v) is 10.8. The molecule has 2 saturated heterocycles. The molecular formula is C22H26N8O. The Labute approximate surface area is 180 Å². The van der Waals surface area contributed by atoms with Crippen LogP contribution in [0.4, 0.5) is 5.82 Å². The van der Waals surface area contributed by atoms with Gasteiger partial charge in [0.25, 0.3) is 0 Å². The number of pyridine rings is 1. The predicted octanol–water partition coefficient (Wildman–Crippen LogP) is 1.73. The van der Waals surface area contributed by atoms with Crippen LogP contribution in [0.25, 0.3) is 5.65 Å². The normalized spacial score (nSPS) is 19.7. The molecule has 2 aliphatic heterocycles. The first-order chi connectivity index (χ1) is 15.0. The van der Waals surface area contributed by atoms with E-state index in [1.807, 2.05) is 12.1 Å². The van der Waals surface area contributed by atoms with E-state index in [9.17, 15) is 5.11 Å². The van der Waals surface area contributed by atoms with Gasteiger partial charge in [-0.1, -0.05) is 0 Å². The highest BCUT2D eigenvalue weighted by molar-refractivity contribution is 5.46. The molecule has 9 heteroatoms. The SMILES string of the molecule is Cc1nc(C(O)CN2CCC3(CC2)CCN(c2ccc4nncn4n2)C3)ccc1C#N. The van der Waals surface area contributed by atoms with E-state index in [2.05, 4.69) is 36.1 Å². The Balaban J connectivity index is 1.18. The van der Waals surface area contributed by atoms with Gasteiger partial charge in [0.1, 0.15) is 24.3 Å². The number of nitriles is 1. The minimum absolute atomic E-state index is 0.314. The molecule has 3 aromatic rings. The van der Waals surface area contributed by atoms with Crippen LogP contribution < -0.4 is 4.90 Å². The molecule has 2 aliphatic rings. The molecule has 1 unspecified atom stereocenters. The van der Waals surface area contributed by atoms with Gasteiger partial charge in [0.2, 0.25) is 0 Å². The molecule has 3 aromatic heterocycles. The summed E-state index contributed by atoms with van der Waals surface area (Å²) in [5.74, 6) is 0.976. The molecule has 0 radical (unpaired) electrons. The quantitative estimate of drug-likeness (QED) is 0.683. The number of hydrogen-bond acceptors (Lipinski definition) is 8. The van der Waals surface area contributed by atoms with Gasteiger partial charge in [-0.05, 0) is 69.0 Å². The topological polar surface area (TPSA) is 106 Å². The molecule has 1 atom stereocenters. The number of aliphatic hydroxyl groups is 1. The van der Waals surface area contributed by atoms with E-state index in [1.165, 1.54) is 6.42 Å². The van der Waals surface area contributed by atoms with E-state index in [4.69, 9.17) is 5.26 Å². The van der Waals surface area contributed by atoms with E-state index in [-0.39, 0.29) is 0 Å². The number of rotatable bonds is 4. The van der Waals surface area contributed by atoms with Crippen molar-refractivity contribution >= 4 is 11.5 Å². The zero-order valence-corrected chi connectivity index (χ0v) is 17.6. The molecular weight excluding hydrogens is 392 g/mol. The fourth-order valence-corrected chi connectivity index (χ4v) is 4.86. The smallest absolute Gasteiger partial charge is 0.177 e. The van der Waals surface area contributed by atoms with Crippen LogP contribution in [0.15, 0.2) is 30.6 Å². The van der Waals surface area contributed by atoms with Crippen molar-refractivity contribution in [3.8, 4) is 6.07 Å². The number of anilines is 1. The van der Waals surface area contributed by atoms with Gasteiger partial charge in [-0.2, -0.15) is 9.78 Å². The van der Waals surface area contributed by atoms with E-state index in [0.717, 1.165) is 50.5 Å². The average Bonchev–Trinajstić information content (AvgIpc) is 3.42. The third kappa shape index (κ3) is 3.84. The van der Waals surface area contributed by atoms with Crippen LogP contribution >= 0.6 is 0 Å². The average molecular weight is 419 g/mol. The van der Waals surface area contributed by atoms with Crippen molar-refractivity contribution in [3.05, 3.63) is 47.5 Å². The van der Waals surface area contributed by atoms with Crippen LogP contribution in [0.5, 0.6) is 0 Å². The highest BCUT2D eigenvalue weighted by Gasteiger charge is 2.41. The maximum Gasteiger partial charge on any atom is 0.177 e. The second kappa shape index (κ2) is 7.87. The highest BCUT2D eigenvalue weighted by Crippen LogP contribution is 2.41. The molecule has 1 N–H and O–H groups in total. The molecule has 0 amide bonds. The van der Waals surface area contributed by atoms with Crippen molar-refractivity contribution in [2.75, 3.05) is 37.6 Å². The summed E-state index contributed by atoms with van der Waals surface area (Å²) in [7, 11) is 0. The lowest BCUT2D eigenvalue weighted by Gasteiger charge is -2.39. The molecule has 31 heavy (non-hydrogen) atoms. The lowest BCUT2D eigenvalue weighted by atomic mass is 9.77. The Bertz CT molecular complexity index is 1130. The Morgan fingerprint density at radius 1 is 1.16 bits per heavy atom. The van der Waals surface area contributed by atoms with Crippen molar-refractivity contribution in [2.45, 2.75) is 32.3 Å². The number of aliphatic hydroxyl groups excluding tert-OH is 1. The first kappa shape index (κ1) is 19.8. The van der Waals surface area contributed by atoms with Gasteiger partial charge < -0.3 is 14.9 Å². The number of fused-ring (bicyclic) bond motifs is 1. The lowest BCUT2D eigenvalue weighted by Crippen LogP contribution is -2.43. The molecule has 0 bridgehead atoms. The zero-order chi connectivity index (χ0) is 21.4. The minimum atomic E-state index is -0.639. The number of aromatic nitrogens is 5. The van der Waals surface area contributed by atoms with Gasteiger partial charge in [0, 0.05) is 19.6 Å². The van der Waals surface area contributed by atoms with Gasteiger partial charge in [-0.3, -0.25) is 4.98 Å². The number of likely N-dealkylation sites (tertiary alicyclic amines) is 1. The van der Waals surface area contributed by atoms with Crippen molar-refractivity contribution in [1.29, 1.82) is 5.26 Å². The van der Waals surface area contributed by atoms with Gasteiger partial charge in [-0.15, -0.1) is 15.3 Å². The number of aryl methyl sites for hydroxylation is 1. The Kier molecular flexibility index (Phi) is 5.04. The summed E-state index contributed by atoms with van der Waals surface area (Å²) < 4.78 is 1.73. The summed E-state index contributed by atoms with van der Waals surface area (Å²) in [6.45, 7) is 6.35. The van der Waals surface area contributed by atoms with Crippen LogP contribution in [0.1, 0.15) is 42.3 Å². The van der Waals surface area contributed by atoms with Crippen LogP contribution in [0.2, 0.25) is 0 Å². The molecule has 0 saturated carbocycles. The molecule has 160 valence electrons. The van der Waals surface area contributed by atoms with Crippen molar-refractivity contribution in [2.24, 2.45) is 5.41 Å². The van der Waals surface area contributed by atoms with Gasteiger partial charge in [0.05, 0.1) is 17.0 Å². The van der Waals surface area contributed by atoms with Gasteiger partial charge >= 0.3 is 0 Å². The van der Waals surface area contributed by atoms with E-state index < -0.39 is 6.10 Å². The summed E-state index contributed by atoms with van der Waals surface area (Å²) in [5.41, 5.74) is 2.94. The number of β-amino-alcohol motifs (C(OH)–C–C–N with tert-alkyl or cyclic N) is 1. The molecule has 2 fully saturated rings. The third-order valence-corrected chi connectivity index (χ3v) is 6.83. The fourth-order valence-electron chi connectivity index (χ4n) is 4.86. The molecule has 0 aliphatic carbocycles. The van der Waals surface area contributed by atoms with Crippen LogP contribution in [0.3, 0.4) is 0 Å². The maximum atomic E-state index is 10.7. The highest BCUT2D eigenvalue weighted by atomic mass is 16.3. The maximum absolute atomic E-state index is 10.7. The fraction of sp³-hybridized carbons (Fsp3) is 0.500. The second-order valence-corrected chi connectivity index (χ2v) is 8.79. The van der Waals surface area contributed by atoms with Gasteiger partial charge in [-0.25, -0.2) is 0 Å². The van der Waals surface area contributed by atoms with Crippen LogP contribution in [-0.2, 0) is 0 Å². The summed E-state index contributed by atoms with van der Waals surface area (Å²) in [6, 6.07) is 9.61. The molecule has 5 rings (SSSR count). The number of hydrogen-bond donors (Lipinski definition) is 1. The lowest BCUT2D eigenvalue weighted by molar-refractivity contribution is 0.0633. The first-order valence-electron chi connectivity index (χ1n) is 10.8. The molecule has 0 aromatic carbocycles. The van der Waals surface area contributed by atoms with Crippen LogP contribution in [-0.4, -0.2) is 67.5 Å². The van der Waals surface area contributed by atoms with Crippen molar-refractivity contribution in [3.63, 3.8) is 0 Å². The monoisotopic (exact) mass is 418 g/mol. The zero-order valence-electron chi connectivity index (χ0n) is 17.6. The van der Waals surface area contributed by atoms with Crippen molar-refractivity contribution < 1.29 is 5.11 Å². The molecule has 5 heterocycles. The molecule has 9 nitrogen and oxygen atoms in total. The van der Waals surface area contributed by atoms with Crippen molar-refractivity contribution in [1.82, 2.24) is 29.7 Å². The van der Waals surface area contributed by atoms with E-state index in [0.29, 0.717) is 28.9 Å². The minimum Gasteiger partial charge on any atom is -0.385 e. The summed E-state index contributed by atoms with van der Waals surface area (Å²) in [5, 5.41) is 32.3. The summed E-state index contributed by atoms with van der Waals surface area (Å²) in [6.07, 6.45) is 4.40. The van der Waals surface area contributed by atoms with Gasteiger partial charge in [0.15, 0.2) is 5.65 Å². The Morgan fingerprint density at radius 3 is 2.74 bits per heavy atom. The predicted molar refractivity (Wildman–Crippen MR) is 114 cm³/mol. The Morgan fingerprint density at radius 2 is 1.97 bits per heavy atom. The van der Waals surface area contributed by atoms with Crippen LogP contribution in [0, 0.1) is 23.7 Å².